The fourth-order valence-corrected chi connectivity index (χ4v) is 6.14. The summed E-state index contributed by atoms with van der Waals surface area (Å²) < 4.78 is 5.16. The highest BCUT2D eigenvalue weighted by atomic mass is 16.5. The van der Waals surface area contributed by atoms with Crippen molar-refractivity contribution < 1.29 is 19.1 Å². The van der Waals surface area contributed by atoms with E-state index in [1.807, 2.05) is 18.2 Å². The van der Waals surface area contributed by atoms with Crippen molar-refractivity contribution in [3.8, 4) is 0 Å². The molecule has 0 radical (unpaired) electrons. The van der Waals surface area contributed by atoms with Crippen LogP contribution in [0, 0.1) is 23.2 Å². The highest BCUT2D eigenvalue weighted by Gasteiger charge is 2.51. The third-order valence-corrected chi connectivity index (χ3v) is 6.85. The largest absolute Gasteiger partial charge is 0.451 e. The van der Waals surface area contributed by atoms with Crippen LogP contribution < -0.4 is 10.6 Å². The van der Waals surface area contributed by atoms with Crippen LogP contribution in [0.3, 0.4) is 0 Å². The lowest BCUT2D eigenvalue weighted by Crippen LogP contribution is -2.48. The zero-order valence-electron chi connectivity index (χ0n) is 17.0. The van der Waals surface area contributed by atoms with Gasteiger partial charge >= 0.3 is 5.97 Å². The average molecular weight is 399 g/mol. The second kappa shape index (κ2) is 8.17. The molecule has 0 saturated heterocycles. The number of ether oxygens (including phenoxy) is 1. The molecule has 1 aromatic carbocycles. The number of para-hydroxylation sites is 1. The smallest absolute Gasteiger partial charge is 0.326 e. The third-order valence-electron chi connectivity index (χ3n) is 6.85. The molecule has 0 aromatic heterocycles. The van der Waals surface area contributed by atoms with Crippen LogP contribution >= 0.6 is 0 Å². The van der Waals surface area contributed by atoms with Gasteiger partial charge in [0.25, 0.3) is 5.91 Å². The standard InChI is InChI=1S/C23H30N2O4/c1-15(22(28)25-19-5-3-2-4-6-19)29-21(27)14-24-20(26)13-23-10-16-7-17(11-23)9-18(8-16)12-23/h2-6,15-18H,7-14H2,1H3,(H,24,26)(H,25,28)/t15-,16?,17?,18?,23?/m0/s1. The van der Waals surface area contributed by atoms with Gasteiger partial charge in [-0.2, -0.15) is 0 Å². The first kappa shape index (κ1) is 19.9. The topological polar surface area (TPSA) is 84.5 Å². The summed E-state index contributed by atoms with van der Waals surface area (Å²) in [5.41, 5.74) is 0.787. The zero-order valence-corrected chi connectivity index (χ0v) is 17.0. The molecule has 6 heteroatoms. The van der Waals surface area contributed by atoms with Gasteiger partial charge in [-0.15, -0.1) is 0 Å². The quantitative estimate of drug-likeness (QED) is 0.691. The number of hydrogen-bond donors (Lipinski definition) is 2. The summed E-state index contributed by atoms with van der Waals surface area (Å²) in [6.45, 7) is 1.32. The molecule has 0 heterocycles. The summed E-state index contributed by atoms with van der Waals surface area (Å²) in [4.78, 5) is 36.7. The predicted octanol–water partition coefficient (Wildman–Crippen LogP) is 3.28. The molecule has 1 aromatic rings. The Bertz CT molecular complexity index is 741. The molecule has 4 saturated carbocycles. The Morgan fingerprint density at radius 2 is 1.62 bits per heavy atom. The van der Waals surface area contributed by atoms with E-state index in [2.05, 4.69) is 10.6 Å². The molecule has 4 aliphatic rings. The van der Waals surface area contributed by atoms with E-state index in [0.717, 1.165) is 37.0 Å². The molecule has 4 aliphatic carbocycles. The van der Waals surface area contributed by atoms with Crippen molar-refractivity contribution in [1.29, 1.82) is 0 Å². The molecule has 0 spiro atoms. The predicted molar refractivity (Wildman–Crippen MR) is 109 cm³/mol. The molecule has 4 fully saturated rings. The number of carbonyl (C=O) groups excluding carboxylic acids is 3. The van der Waals surface area contributed by atoms with Crippen LogP contribution in [0.2, 0.25) is 0 Å². The van der Waals surface area contributed by atoms with E-state index in [1.54, 1.807) is 12.1 Å². The number of amides is 2. The van der Waals surface area contributed by atoms with Crippen molar-refractivity contribution >= 4 is 23.5 Å². The van der Waals surface area contributed by atoms with E-state index in [1.165, 1.54) is 26.2 Å². The first-order valence-corrected chi connectivity index (χ1v) is 10.7. The Labute approximate surface area is 171 Å². The van der Waals surface area contributed by atoms with E-state index >= 15 is 0 Å². The first-order valence-electron chi connectivity index (χ1n) is 10.7. The van der Waals surface area contributed by atoms with Crippen LogP contribution in [0.1, 0.15) is 51.9 Å². The molecule has 4 bridgehead atoms. The van der Waals surface area contributed by atoms with E-state index < -0.39 is 18.0 Å². The maximum absolute atomic E-state index is 12.5. The van der Waals surface area contributed by atoms with Crippen LogP contribution in [0.15, 0.2) is 30.3 Å². The first-order chi connectivity index (χ1) is 13.9. The van der Waals surface area contributed by atoms with Crippen LogP contribution in [0.4, 0.5) is 5.69 Å². The fraction of sp³-hybridized carbons (Fsp3) is 0.609. The molecule has 6 nitrogen and oxygen atoms in total. The van der Waals surface area contributed by atoms with Crippen LogP contribution in [-0.2, 0) is 19.1 Å². The minimum absolute atomic E-state index is 0.0784. The maximum Gasteiger partial charge on any atom is 0.326 e. The monoisotopic (exact) mass is 398 g/mol. The molecule has 29 heavy (non-hydrogen) atoms. The highest BCUT2D eigenvalue weighted by molar-refractivity contribution is 5.95. The van der Waals surface area contributed by atoms with Crippen molar-refractivity contribution in [2.24, 2.45) is 23.2 Å². The van der Waals surface area contributed by atoms with Crippen molar-refractivity contribution in [3.05, 3.63) is 30.3 Å². The number of esters is 1. The summed E-state index contributed by atoms with van der Waals surface area (Å²) >= 11 is 0. The van der Waals surface area contributed by atoms with Crippen molar-refractivity contribution in [2.45, 2.75) is 58.0 Å². The normalized spacial score (nSPS) is 30.4. The Morgan fingerprint density at radius 1 is 1.03 bits per heavy atom. The summed E-state index contributed by atoms with van der Waals surface area (Å²) in [6.07, 6.45) is 7.09. The van der Waals surface area contributed by atoms with Gasteiger partial charge in [0, 0.05) is 12.1 Å². The van der Waals surface area contributed by atoms with Gasteiger partial charge < -0.3 is 15.4 Å². The number of anilines is 1. The van der Waals surface area contributed by atoms with Gasteiger partial charge in [-0.1, -0.05) is 18.2 Å². The van der Waals surface area contributed by atoms with Gasteiger partial charge in [-0.05, 0) is 80.8 Å². The zero-order chi connectivity index (χ0) is 20.4. The number of benzene rings is 1. The van der Waals surface area contributed by atoms with Crippen molar-refractivity contribution in [2.75, 3.05) is 11.9 Å². The SMILES string of the molecule is C[C@H](OC(=O)CNC(=O)CC12CC3CC(CC(C3)C1)C2)C(=O)Nc1ccccc1. The second-order valence-corrected chi connectivity index (χ2v) is 9.36. The molecular weight excluding hydrogens is 368 g/mol. The van der Waals surface area contributed by atoms with Gasteiger partial charge in [0.15, 0.2) is 6.10 Å². The molecule has 0 aliphatic heterocycles. The summed E-state index contributed by atoms with van der Waals surface area (Å²) in [6, 6.07) is 9.00. The summed E-state index contributed by atoms with van der Waals surface area (Å²) in [5.74, 6) is 1.31. The number of carbonyl (C=O) groups is 3. The Balaban J connectivity index is 1.20. The molecule has 156 valence electrons. The molecule has 2 N–H and O–H groups in total. The van der Waals surface area contributed by atoms with Crippen LogP contribution in [0.25, 0.3) is 0 Å². The third kappa shape index (κ3) is 4.80. The molecule has 2 amide bonds. The average Bonchev–Trinajstić information content (AvgIpc) is 2.65. The van der Waals surface area contributed by atoms with Gasteiger partial charge in [-0.3, -0.25) is 14.4 Å². The maximum atomic E-state index is 12.5. The van der Waals surface area contributed by atoms with Crippen molar-refractivity contribution in [3.63, 3.8) is 0 Å². The van der Waals surface area contributed by atoms with Gasteiger partial charge in [-0.25, -0.2) is 0 Å². The van der Waals surface area contributed by atoms with E-state index in [-0.39, 0.29) is 17.9 Å². The lowest BCUT2D eigenvalue weighted by atomic mass is 9.49. The number of hydrogen-bond acceptors (Lipinski definition) is 4. The van der Waals surface area contributed by atoms with E-state index in [0.29, 0.717) is 12.1 Å². The second-order valence-electron chi connectivity index (χ2n) is 9.36. The Hall–Kier alpha value is -2.37. The number of rotatable bonds is 7. The Kier molecular flexibility index (Phi) is 5.61. The molecule has 1 atom stereocenters. The Morgan fingerprint density at radius 3 is 2.21 bits per heavy atom. The number of nitrogens with one attached hydrogen (secondary N) is 2. The van der Waals surface area contributed by atoms with E-state index in [4.69, 9.17) is 4.74 Å². The van der Waals surface area contributed by atoms with Gasteiger partial charge in [0.2, 0.25) is 5.91 Å². The van der Waals surface area contributed by atoms with E-state index in [9.17, 15) is 14.4 Å². The highest BCUT2D eigenvalue weighted by Crippen LogP contribution is 2.61. The lowest BCUT2D eigenvalue weighted by molar-refractivity contribution is -0.153. The van der Waals surface area contributed by atoms with Crippen LogP contribution in [-0.4, -0.2) is 30.4 Å². The summed E-state index contributed by atoms with van der Waals surface area (Å²) in [5, 5.41) is 5.40. The fourth-order valence-electron chi connectivity index (χ4n) is 6.14. The molecular formula is C23H30N2O4. The van der Waals surface area contributed by atoms with Gasteiger partial charge in [0.1, 0.15) is 6.54 Å². The minimum Gasteiger partial charge on any atom is -0.451 e. The minimum atomic E-state index is -0.928. The lowest BCUT2D eigenvalue weighted by Gasteiger charge is -2.56. The molecule has 0 unspecified atom stereocenters. The van der Waals surface area contributed by atoms with Gasteiger partial charge in [0.05, 0.1) is 0 Å². The van der Waals surface area contributed by atoms with Crippen molar-refractivity contribution in [1.82, 2.24) is 5.32 Å². The van der Waals surface area contributed by atoms with Crippen LogP contribution in [0.5, 0.6) is 0 Å². The molecule has 5 rings (SSSR count). The summed E-state index contributed by atoms with van der Waals surface area (Å²) in [7, 11) is 0.